The summed E-state index contributed by atoms with van der Waals surface area (Å²) in [7, 11) is 0. The second-order valence-corrected chi connectivity index (χ2v) is 4.99. The topological polar surface area (TPSA) is 103 Å². The van der Waals surface area contributed by atoms with Gasteiger partial charge < -0.3 is 10.0 Å². The van der Waals surface area contributed by atoms with Crippen LogP contribution < -0.4 is 4.90 Å². The first kappa shape index (κ1) is 14.2. The summed E-state index contributed by atoms with van der Waals surface area (Å²) in [5.74, 6) is 0.287. The molecule has 106 valence electrons. The molecule has 0 bridgehead atoms. The number of nitro groups is 1. The van der Waals surface area contributed by atoms with E-state index in [1.807, 2.05) is 6.07 Å². The molecule has 1 N–H and O–H groups in total. The van der Waals surface area contributed by atoms with Gasteiger partial charge in [-0.3, -0.25) is 10.1 Å². The molecule has 2 unspecified atom stereocenters. The van der Waals surface area contributed by atoms with Gasteiger partial charge >= 0.3 is 5.69 Å². The summed E-state index contributed by atoms with van der Waals surface area (Å²) in [4.78, 5) is 16.5. The van der Waals surface area contributed by atoms with Gasteiger partial charge in [0.1, 0.15) is 11.6 Å². The molecule has 0 aliphatic carbocycles. The van der Waals surface area contributed by atoms with Crippen molar-refractivity contribution in [2.45, 2.75) is 25.9 Å². The predicted octanol–water partition coefficient (Wildman–Crippen LogP) is 1.46. The van der Waals surface area contributed by atoms with E-state index in [-0.39, 0.29) is 23.0 Å². The van der Waals surface area contributed by atoms with Crippen LogP contribution in [-0.2, 0) is 0 Å². The van der Waals surface area contributed by atoms with Gasteiger partial charge in [0.05, 0.1) is 11.0 Å². The quantitative estimate of drug-likeness (QED) is 0.662. The second-order valence-electron chi connectivity index (χ2n) is 4.99. The van der Waals surface area contributed by atoms with Crippen LogP contribution in [0, 0.1) is 27.4 Å². The molecule has 1 aliphatic heterocycles. The van der Waals surface area contributed by atoms with E-state index < -0.39 is 11.0 Å². The monoisotopic (exact) mass is 276 g/mol. The number of hydrogen-bond acceptors (Lipinski definition) is 6. The van der Waals surface area contributed by atoms with Crippen LogP contribution in [0.5, 0.6) is 0 Å². The van der Waals surface area contributed by atoms with E-state index in [0.29, 0.717) is 13.1 Å². The standard InChI is InChI=1S/C13H16N4O3/c1-9(18)11-3-2-6-16(8-11)13-12(17(19)20)10(7-14)4-5-15-13/h4-5,9,11,18H,2-3,6,8H2,1H3. The van der Waals surface area contributed by atoms with Gasteiger partial charge in [-0.25, -0.2) is 4.98 Å². The molecule has 1 aliphatic rings. The second kappa shape index (κ2) is 5.84. The van der Waals surface area contributed by atoms with Crippen molar-refractivity contribution in [1.82, 2.24) is 4.98 Å². The van der Waals surface area contributed by atoms with Crippen LogP contribution in [0.3, 0.4) is 0 Å². The van der Waals surface area contributed by atoms with E-state index in [1.54, 1.807) is 11.8 Å². The molecule has 2 rings (SSSR count). The van der Waals surface area contributed by atoms with Crippen molar-refractivity contribution < 1.29 is 10.0 Å². The minimum Gasteiger partial charge on any atom is -0.393 e. The summed E-state index contributed by atoms with van der Waals surface area (Å²) >= 11 is 0. The van der Waals surface area contributed by atoms with Gasteiger partial charge in [0, 0.05) is 25.2 Å². The maximum absolute atomic E-state index is 11.2. The Morgan fingerprint density at radius 3 is 3.05 bits per heavy atom. The lowest BCUT2D eigenvalue weighted by Crippen LogP contribution is -2.40. The Morgan fingerprint density at radius 1 is 1.70 bits per heavy atom. The molecular weight excluding hydrogens is 260 g/mol. The fourth-order valence-electron chi connectivity index (χ4n) is 2.54. The van der Waals surface area contributed by atoms with Crippen LogP contribution in [0.25, 0.3) is 0 Å². The molecule has 1 saturated heterocycles. The van der Waals surface area contributed by atoms with Crippen LogP contribution in [0.4, 0.5) is 11.5 Å². The zero-order chi connectivity index (χ0) is 14.7. The van der Waals surface area contributed by atoms with Gasteiger partial charge in [-0.15, -0.1) is 0 Å². The number of nitriles is 1. The van der Waals surface area contributed by atoms with Crippen molar-refractivity contribution in [2.24, 2.45) is 5.92 Å². The normalized spacial score (nSPS) is 20.2. The van der Waals surface area contributed by atoms with E-state index in [1.165, 1.54) is 12.3 Å². The lowest BCUT2D eigenvalue weighted by molar-refractivity contribution is -0.384. The van der Waals surface area contributed by atoms with Gasteiger partial charge in [0.15, 0.2) is 0 Å². The van der Waals surface area contributed by atoms with Crippen molar-refractivity contribution >= 4 is 11.5 Å². The molecule has 7 nitrogen and oxygen atoms in total. The number of nitrogens with zero attached hydrogens (tertiary/aromatic N) is 4. The molecule has 0 radical (unpaired) electrons. The fourth-order valence-corrected chi connectivity index (χ4v) is 2.54. The third kappa shape index (κ3) is 2.70. The molecule has 1 fully saturated rings. The molecule has 0 amide bonds. The minimum absolute atomic E-state index is 0.0131. The lowest BCUT2D eigenvalue weighted by atomic mass is 9.93. The molecule has 2 heterocycles. The molecule has 20 heavy (non-hydrogen) atoms. The number of aromatic nitrogens is 1. The van der Waals surface area contributed by atoms with Gasteiger partial charge in [0.25, 0.3) is 0 Å². The van der Waals surface area contributed by atoms with E-state index in [2.05, 4.69) is 4.98 Å². The predicted molar refractivity (Wildman–Crippen MR) is 72.2 cm³/mol. The van der Waals surface area contributed by atoms with Gasteiger partial charge in [-0.1, -0.05) is 0 Å². The Balaban J connectivity index is 2.37. The largest absolute Gasteiger partial charge is 0.393 e. The van der Waals surface area contributed by atoms with Crippen LogP contribution in [-0.4, -0.2) is 34.2 Å². The summed E-state index contributed by atoms with van der Waals surface area (Å²) in [6, 6.07) is 3.18. The SMILES string of the molecule is CC(O)C1CCCN(c2nccc(C#N)c2[N+](=O)[O-])C1. The lowest BCUT2D eigenvalue weighted by Gasteiger charge is -2.34. The maximum Gasteiger partial charge on any atom is 0.329 e. The first-order valence-electron chi connectivity index (χ1n) is 6.51. The molecule has 0 aromatic carbocycles. The Hall–Kier alpha value is -2.20. The molecule has 7 heteroatoms. The van der Waals surface area contributed by atoms with E-state index >= 15 is 0 Å². The summed E-state index contributed by atoms with van der Waals surface area (Å²) in [5, 5.41) is 29.9. The third-order valence-electron chi connectivity index (χ3n) is 3.65. The highest BCUT2D eigenvalue weighted by Crippen LogP contribution is 2.32. The van der Waals surface area contributed by atoms with Crippen molar-refractivity contribution in [3.05, 3.63) is 27.9 Å². The highest BCUT2D eigenvalue weighted by atomic mass is 16.6. The maximum atomic E-state index is 11.2. The highest BCUT2D eigenvalue weighted by Gasteiger charge is 2.30. The van der Waals surface area contributed by atoms with Gasteiger partial charge in [-0.05, 0) is 25.8 Å². The first-order chi connectivity index (χ1) is 9.54. The van der Waals surface area contributed by atoms with Crippen LogP contribution in [0.1, 0.15) is 25.3 Å². The number of anilines is 1. The van der Waals surface area contributed by atoms with Crippen molar-refractivity contribution in [3.8, 4) is 6.07 Å². The molecule has 1 aromatic heterocycles. The van der Waals surface area contributed by atoms with Crippen LogP contribution in [0.2, 0.25) is 0 Å². The summed E-state index contributed by atoms with van der Waals surface area (Å²) in [6.07, 6.45) is 2.67. The third-order valence-corrected chi connectivity index (χ3v) is 3.65. The molecule has 0 spiro atoms. The summed E-state index contributed by atoms with van der Waals surface area (Å²) in [6.45, 7) is 2.88. The zero-order valence-electron chi connectivity index (χ0n) is 11.2. The molecule has 2 atom stereocenters. The number of pyridine rings is 1. The van der Waals surface area contributed by atoms with Crippen LogP contribution >= 0.6 is 0 Å². The average Bonchev–Trinajstić information content (AvgIpc) is 2.46. The molecule has 0 saturated carbocycles. The van der Waals surface area contributed by atoms with Crippen molar-refractivity contribution in [1.29, 1.82) is 5.26 Å². The number of piperidine rings is 1. The van der Waals surface area contributed by atoms with E-state index in [4.69, 9.17) is 5.26 Å². The summed E-state index contributed by atoms with van der Waals surface area (Å²) in [5.41, 5.74) is -0.236. The summed E-state index contributed by atoms with van der Waals surface area (Å²) < 4.78 is 0. The van der Waals surface area contributed by atoms with E-state index in [9.17, 15) is 15.2 Å². The van der Waals surface area contributed by atoms with Crippen LogP contribution in [0.15, 0.2) is 12.3 Å². The fraction of sp³-hybridized carbons (Fsp3) is 0.538. The Bertz CT molecular complexity index is 553. The molecule has 1 aromatic rings. The Labute approximate surface area is 116 Å². The smallest absolute Gasteiger partial charge is 0.329 e. The van der Waals surface area contributed by atoms with Gasteiger partial charge in [0.2, 0.25) is 5.82 Å². The Morgan fingerprint density at radius 2 is 2.45 bits per heavy atom. The van der Waals surface area contributed by atoms with Crippen molar-refractivity contribution in [2.75, 3.05) is 18.0 Å². The van der Waals surface area contributed by atoms with Crippen molar-refractivity contribution in [3.63, 3.8) is 0 Å². The number of rotatable bonds is 3. The zero-order valence-corrected chi connectivity index (χ0v) is 11.2. The highest BCUT2D eigenvalue weighted by molar-refractivity contribution is 5.65. The Kier molecular flexibility index (Phi) is 4.15. The van der Waals surface area contributed by atoms with Gasteiger partial charge in [-0.2, -0.15) is 5.26 Å². The number of aliphatic hydroxyl groups is 1. The minimum atomic E-state index is -0.563. The molecular formula is C13H16N4O3. The average molecular weight is 276 g/mol. The van der Waals surface area contributed by atoms with E-state index in [0.717, 1.165) is 12.8 Å². The number of aliphatic hydroxyl groups excluding tert-OH is 1. The first-order valence-corrected chi connectivity index (χ1v) is 6.51. The number of hydrogen-bond donors (Lipinski definition) is 1.